The van der Waals surface area contributed by atoms with Gasteiger partial charge in [0, 0.05) is 17.0 Å². The van der Waals surface area contributed by atoms with Crippen molar-refractivity contribution in [1.29, 1.82) is 0 Å². The van der Waals surface area contributed by atoms with E-state index in [9.17, 15) is 4.79 Å². The fourth-order valence-corrected chi connectivity index (χ4v) is 1.78. The standard InChI is InChI=1S/C13H10ClNO2/c1-8-2-4-11-10(6-8)7-9(13(14)15-11)3-5-12(16)17/h2-7H,1H3,(H,16,17)/b5-3+. The monoisotopic (exact) mass is 247 g/mol. The van der Waals surface area contributed by atoms with Crippen LogP contribution in [0.4, 0.5) is 0 Å². The minimum absolute atomic E-state index is 0.304. The smallest absolute Gasteiger partial charge is 0.328 e. The zero-order chi connectivity index (χ0) is 12.4. The lowest BCUT2D eigenvalue weighted by atomic mass is 10.1. The highest BCUT2D eigenvalue weighted by atomic mass is 35.5. The summed E-state index contributed by atoms with van der Waals surface area (Å²) in [5, 5.41) is 9.82. The molecule has 3 nitrogen and oxygen atoms in total. The number of aromatic nitrogens is 1. The molecule has 1 aromatic heterocycles. The van der Waals surface area contributed by atoms with Crippen LogP contribution in [0.25, 0.3) is 17.0 Å². The van der Waals surface area contributed by atoms with Crippen molar-refractivity contribution in [2.24, 2.45) is 0 Å². The van der Waals surface area contributed by atoms with Crippen LogP contribution in [0.2, 0.25) is 5.15 Å². The van der Waals surface area contributed by atoms with Crippen molar-refractivity contribution >= 4 is 34.5 Å². The fourth-order valence-electron chi connectivity index (χ4n) is 1.57. The van der Waals surface area contributed by atoms with Crippen LogP contribution in [-0.4, -0.2) is 16.1 Å². The molecule has 4 heteroatoms. The van der Waals surface area contributed by atoms with E-state index in [2.05, 4.69) is 4.98 Å². The number of hydrogen-bond acceptors (Lipinski definition) is 2. The molecule has 0 bridgehead atoms. The zero-order valence-corrected chi connectivity index (χ0v) is 9.90. The number of aliphatic carboxylic acids is 1. The number of nitrogens with zero attached hydrogens (tertiary/aromatic N) is 1. The van der Waals surface area contributed by atoms with Gasteiger partial charge < -0.3 is 5.11 Å². The third kappa shape index (κ3) is 2.63. The molecule has 0 saturated heterocycles. The molecule has 0 radical (unpaired) electrons. The number of carboxylic acid groups (broad SMARTS) is 1. The van der Waals surface area contributed by atoms with Gasteiger partial charge in [0.05, 0.1) is 5.52 Å². The summed E-state index contributed by atoms with van der Waals surface area (Å²) in [6.45, 7) is 1.99. The molecule has 0 aliphatic rings. The number of carboxylic acids is 1. The summed E-state index contributed by atoms with van der Waals surface area (Å²) in [5.74, 6) is -1.01. The van der Waals surface area contributed by atoms with Crippen molar-refractivity contribution in [2.75, 3.05) is 0 Å². The van der Waals surface area contributed by atoms with Gasteiger partial charge in [-0.15, -0.1) is 0 Å². The molecule has 1 N–H and O–H groups in total. The van der Waals surface area contributed by atoms with Crippen LogP contribution in [0, 0.1) is 6.92 Å². The van der Waals surface area contributed by atoms with Gasteiger partial charge in [-0.3, -0.25) is 0 Å². The molecule has 0 aliphatic heterocycles. The SMILES string of the molecule is Cc1ccc2nc(Cl)c(/C=C/C(=O)O)cc2c1. The first-order valence-corrected chi connectivity index (χ1v) is 5.42. The second-order valence-corrected chi connectivity index (χ2v) is 4.09. The first kappa shape index (κ1) is 11.6. The number of halogens is 1. The molecule has 0 amide bonds. The third-order valence-electron chi connectivity index (χ3n) is 2.36. The topological polar surface area (TPSA) is 50.2 Å². The molecule has 0 aliphatic carbocycles. The Hall–Kier alpha value is -1.87. The lowest BCUT2D eigenvalue weighted by Gasteiger charge is -2.02. The van der Waals surface area contributed by atoms with E-state index in [0.29, 0.717) is 10.7 Å². The van der Waals surface area contributed by atoms with E-state index >= 15 is 0 Å². The maximum absolute atomic E-state index is 10.5. The van der Waals surface area contributed by atoms with E-state index in [1.165, 1.54) is 6.08 Å². The van der Waals surface area contributed by atoms with Crippen molar-refractivity contribution in [3.8, 4) is 0 Å². The minimum atomic E-state index is -1.01. The molecule has 0 unspecified atom stereocenters. The van der Waals surface area contributed by atoms with Crippen molar-refractivity contribution < 1.29 is 9.90 Å². The fraction of sp³-hybridized carbons (Fsp3) is 0.0769. The summed E-state index contributed by atoms with van der Waals surface area (Å²) < 4.78 is 0. The number of aryl methyl sites for hydroxylation is 1. The molecule has 1 aromatic carbocycles. The van der Waals surface area contributed by atoms with Crippen LogP contribution in [0.5, 0.6) is 0 Å². The third-order valence-corrected chi connectivity index (χ3v) is 2.66. The van der Waals surface area contributed by atoms with Gasteiger partial charge in [-0.1, -0.05) is 23.2 Å². The van der Waals surface area contributed by atoms with E-state index in [4.69, 9.17) is 16.7 Å². The number of rotatable bonds is 2. The Balaban J connectivity index is 2.57. The molecule has 1 heterocycles. The predicted octanol–water partition coefficient (Wildman–Crippen LogP) is 3.29. The summed E-state index contributed by atoms with van der Waals surface area (Å²) in [5.41, 5.74) is 2.52. The summed E-state index contributed by atoms with van der Waals surface area (Å²) in [4.78, 5) is 14.7. The van der Waals surface area contributed by atoms with Gasteiger partial charge in [-0.25, -0.2) is 9.78 Å². The average Bonchev–Trinajstić information content (AvgIpc) is 2.26. The van der Waals surface area contributed by atoms with Gasteiger partial charge in [-0.05, 0) is 31.2 Å². The Kier molecular flexibility index (Phi) is 3.11. The van der Waals surface area contributed by atoms with Crippen molar-refractivity contribution in [2.45, 2.75) is 6.92 Å². The van der Waals surface area contributed by atoms with Gasteiger partial charge >= 0.3 is 5.97 Å². The van der Waals surface area contributed by atoms with Gasteiger partial charge in [0.25, 0.3) is 0 Å². The second-order valence-electron chi connectivity index (χ2n) is 3.74. The van der Waals surface area contributed by atoms with Crippen molar-refractivity contribution in [3.63, 3.8) is 0 Å². The maximum Gasteiger partial charge on any atom is 0.328 e. The molecule has 2 aromatic rings. The Labute approximate surface area is 103 Å². The highest BCUT2D eigenvalue weighted by molar-refractivity contribution is 6.31. The molecule has 0 saturated carbocycles. The Morgan fingerprint density at radius 2 is 2.18 bits per heavy atom. The van der Waals surface area contributed by atoms with Crippen LogP contribution in [-0.2, 0) is 4.79 Å². The first-order valence-electron chi connectivity index (χ1n) is 5.04. The summed E-state index contributed by atoms with van der Waals surface area (Å²) >= 11 is 5.97. The lowest BCUT2D eigenvalue weighted by molar-refractivity contribution is -0.131. The molecule has 0 spiro atoms. The molecule has 2 rings (SSSR count). The first-order chi connectivity index (χ1) is 8.06. The Morgan fingerprint density at radius 3 is 2.88 bits per heavy atom. The number of hydrogen-bond donors (Lipinski definition) is 1. The second kappa shape index (κ2) is 4.55. The number of carbonyl (C=O) groups is 1. The molecule has 0 atom stereocenters. The lowest BCUT2D eigenvalue weighted by Crippen LogP contribution is -1.88. The van der Waals surface area contributed by atoms with Crippen LogP contribution in [0.3, 0.4) is 0 Å². The van der Waals surface area contributed by atoms with E-state index in [-0.39, 0.29) is 0 Å². The largest absolute Gasteiger partial charge is 0.478 e. The highest BCUT2D eigenvalue weighted by Gasteiger charge is 2.03. The molecular formula is C13H10ClNO2. The number of benzene rings is 1. The van der Waals surface area contributed by atoms with Crippen LogP contribution in [0.15, 0.2) is 30.3 Å². The number of fused-ring (bicyclic) bond motifs is 1. The van der Waals surface area contributed by atoms with Crippen LogP contribution in [0.1, 0.15) is 11.1 Å². The van der Waals surface area contributed by atoms with Crippen LogP contribution < -0.4 is 0 Å². The minimum Gasteiger partial charge on any atom is -0.478 e. The zero-order valence-electron chi connectivity index (χ0n) is 9.14. The normalized spacial score (nSPS) is 11.2. The number of pyridine rings is 1. The van der Waals surface area contributed by atoms with E-state index < -0.39 is 5.97 Å². The quantitative estimate of drug-likeness (QED) is 0.654. The van der Waals surface area contributed by atoms with E-state index in [1.807, 2.05) is 31.2 Å². The van der Waals surface area contributed by atoms with Gasteiger partial charge in [0.15, 0.2) is 0 Å². The van der Waals surface area contributed by atoms with Gasteiger partial charge in [0.1, 0.15) is 5.15 Å². The van der Waals surface area contributed by atoms with E-state index in [0.717, 1.165) is 22.5 Å². The predicted molar refractivity (Wildman–Crippen MR) is 68.2 cm³/mol. The summed E-state index contributed by atoms with van der Waals surface area (Å²) in [6, 6.07) is 7.66. The molecule has 0 fully saturated rings. The summed E-state index contributed by atoms with van der Waals surface area (Å²) in [7, 11) is 0. The molecule has 86 valence electrons. The molecular weight excluding hydrogens is 238 g/mol. The Morgan fingerprint density at radius 1 is 1.41 bits per heavy atom. The van der Waals surface area contributed by atoms with Crippen molar-refractivity contribution in [1.82, 2.24) is 4.98 Å². The highest BCUT2D eigenvalue weighted by Crippen LogP contribution is 2.22. The van der Waals surface area contributed by atoms with Crippen molar-refractivity contribution in [3.05, 3.63) is 46.6 Å². The Bertz CT molecular complexity index is 620. The van der Waals surface area contributed by atoms with Gasteiger partial charge in [-0.2, -0.15) is 0 Å². The van der Waals surface area contributed by atoms with Gasteiger partial charge in [0.2, 0.25) is 0 Å². The van der Waals surface area contributed by atoms with Crippen LogP contribution >= 0.6 is 11.6 Å². The summed E-state index contributed by atoms with van der Waals surface area (Å²) in [6.07, 6.45) is 2.49. The maximum atomic E-state index is 10.5. The average molecular weight is 248 g/mol. The molecule has 17 heavy (non-hydrogen) atoms. The van der Waals surface area contributed by atoms with E-state index in [1.54, 1.807) is 0 Å².